The van der Waals surface area contributed by atoms with Crippen molar-refractivity contribution in [1.82, 2.24) is 5.32 Å². The fourth-order valence-electron chi connectivity index (χ4n) is 2.49. The molecule has 1 saturated heterocycles. The Hall–Kier alpha value is -1.57. The van der Waals surface area contributed by atoms with Crippen LogP contribution >= 0.6 is 0 Å². The van der Waals surface area contributed by atoms with Crippen LogP contribution in [0.2, 0.25) is 0 Å². The maximum Gasteiger partial charge on any atom is 0.234 e. The van der Waals surface area contributed by atoms with Crippen molar-refractivity contribution in [3.05, 3.63) is 47.7 Å². The average molecular weight is 257 g/mol. The molecule has 0 bridgehead atoms. The number of amides is 1. The number of nitrogens with one attached hydrogen (secondary N) is 1. The van der Waals surface area contributed by atoms with Crippen molar-refractivity contribution in [2.45, 2.75) is 51.4 Å². The van der Waals surface area contributed by atoms with Gasteiger partial charge in [0.1, 0.15) is 0 Å². The highest BCUT2D eigenvalue weighted by molar-refractivity contribution is 5.90. The van der Waals surface area contributed by atoms with Gasteiger partial charge in [-0.3, -0.25) is 4.79 Å². The maximum absolute atomic E-state index is 12.2. The zero-order chi connectivity index (χ0) is 14.3. The minimum atomic E-state index is -0.433. The Morgan fingerprint density at radius 3 is 2.26 bits per heavy atom. The standard InChI is InChI=1S/C17H23NO/c1-12-10-11-17(5,15(19)18-12)14-8-6-13(7-9-14)16(2,3)4/h6-9H,1,10-11H2,2-5H3,(H,18,19). The Labute approximate surface area is 115 Å². The molecule has 0 aliphatic carbocycles. The van der Waals surface area contributed by atoms with Crippen LogP contribution in [-0.2, 0) is 15.6 Å². The van der Waals surface area contributed by atoms with Crippen LogP contribution in [0, 0.1) is 0 Å². The van der Waals surface area contributed by atoms with Crippen LogP contribution in [0.5, 0.6) is 0 Å². The van der Waals surface area contributed by atoms with Crippen molar-refractivity contribution in [3.63, 3.8) is 0 Å². The number of benzene rings is 1. The van der Waals surface area contributed by atoms with Gasteiger partial charge >= 0.3 is 0 Å². The predicted octanol–water partition coefficient (Wildman–Crippen LogP) is 3.67. The fraction of sp³-hybridized carbons (Fsp3) is 0.471. The summed E-state index contributed by atoms with van der Waals surface area (Å²) in [5.41, 5.74) is 2.92. The molecule has 1 aromatic carbocycles. The van der Waals surface area contributed by atoms with E-state index in [-0.39, 0.29) is 11.3 Å². The first-order chi connectivity index (χ1) is 8.73. The van der Waals surface area contributed by atoms with Gasteiger partial charge in [0, 0.05) is 5.70 Å². The summed E-state index contributed by atoms with van der Waals surface area (Å²) in [5, 5.41) is 2.88. The highest BCUT2D eigenvalue weighted by Crippen LogP contribution is 2.35. The highest BCUT2D eigenvalue weighted by atomic mass is 16.2. The van der Waals surface area contributed by atoms with E-state index in [0.29, 0.717) is 0 Å². The van der Waals surface area contributed by atoms with Crippen molar-refractivity contribution >= 4 is 5.91 Å². The lowest BCUT2D eigenvalue weighted by molar-refractivity contribution is -0.126. The Balaban J connectivity index is 2.32. The maximum atomic E-state index is 12.2. The third-order valence-electron chi connectivity index (χ3n) is 4.11. The van der Waals surface area contributed by atoms with E-state index in [1.807, 2.05) is 6.92 Å². The molecule has 1 aliphatic rings. The second-order valence-corrected chi connectivity index (χ2v) is 6.72. The molecular formula is C17H23NO. The van der Waals surface area contributed by atoms with Crippen LogP contribution in [0.3, 0.4) is 0 Å². The number of piperidine rings is 1. The molecule has 1 unspecified atom stereocenters. The van der Waals surface area contributed by atoms with Gasteiger partial charge < -0.3 is 5.32 Å². The molecule has 0 aromatic heterocycles. The van der Waals surface area contributed by atoms with Crippen LogP contribution in [0.25, 0.3) is 0 Å². The van der Waals surface area contributed by atoms with Crippen molar-refractivity contribution < 1.29 is 4.79 Å². The van der Waals surface area contributed by atoms with Gasteiger partial charge in [-0.15, -0.1) is 0 Å². The average Bonchev–Trinajstić information content (AvgIpc) is 2.33. The number of carbonyl (C=O) groups is 1. The SMILES string of the molecule is C=C1CCC(C)(c2ccc(C(C)(C)C)cc2)C(=O)N1. The van der Waals surface area contributed by atoms with Crippen LogP contribution in [0.1, 0.15) is 51.7 Å². The summed E-state index contributed by atoms with van der Waals surface area (Å²) in [7, 11) is 0. The van der Waals surface area contributed by atoms with Crippen molar-refractivity contribution in [1.29, 1.82) is 0 Å². The van der Waals surface area contributed by atoms with Gasteiger partial charge in [0.15, 0.2) is 0 Å². The molecule has 1 atom stereocenters. The van der Waals surface area contributed by atoms with E-state index in [1.54, 1.807) is 0 Å². The molecule has 0 saturated carbocycles. The van der Waals surface area contributed by atoms with E-state index < -0.39 is 5.41 Å². The van der Waals surface area contributed by atoms with Gasteiger partial charge in [0.25, 0.3) is 0 Å². The van der Waals surface area contributed by atoms with Crippen molar-refractivity contribution in [2.24, 2.45) is 0 Å². The molecule has 1 amide bonds. The Morgan fingerprint density at radius 1 is 1.21 bits per heavy atom. The van der Waals surface area contributed by atoms with Crippen LogP contribution < -0.4 is 5.32 Å². The molecule has 1 aliphatic heterocycles. The number of rotatable bonds is 1. The van der Waals surface area contributed by atoms with E-state index in [2.05, 4.69) is 56.9 Å². The lowest BCUT2D eigenvalue weighted by Crippen LogP contribution is -2.45. The molecule has 1 heterocycles. The molecule has 0 spiro atoms. The normalized spacial score (nSPS) is 24.2. The lowest BCUT2D eigenvalue weighted by atomic mass is 9.74. The molecular weight excluding hydrogens is 234 g/mol. The van der Waals surface area contributed by atoms with E-state index in [9.17, 15) is 4.79 Å². The van der Waals surface area contributed by atoms with E-state index >= 15 is 0 Å². The predicted molar refractivity (Wildman–Crippen MR) is 79.0 cm³/mol. The summed E-state index contributed by atoms with van der Waals surface area (Å²) in [5.74, 6) is 0.0623. The monoisotopic (exact) mass is 257 g/mol. The Kier molecular flexibility index (Phi) is 3.29. The molecule has 1 fully saturated rings. The summed E-state index contributed by atoms with van der Waals surface area (Å²) >= 11 is 0. The first kappa shape index (κ1) is 13.9. The second kappa shape index (κ2) is 4.52. The molecule has 19 heavy (non-hydrogen) atoms. The zero-order valence-corrected chi connectivity index (χ0v) is 12.3. The minimum Gasteiger partial charge on any atom is -0.330 e. The van der Waals surface area contributed by atoms with Gasteiger partial charge in [0.05, 0.1) is 5.41 Å². The molecule has 2 heteroatoms. The molecule has 1 N–H and O–H groups in total. The second-order valence-electron chi connectivity index (χ2n) is 6.72. The minimum absolute atomic E-state index is 0.0623. The first-order valence-electron chi connectivity index (χ1n) is 6.84. The number of hydrogen-bond donors (Lipinski definition) is 1. The lowest BCUT2D eigenvalue weighted by Gasteiger charge is -2.34. The molecule has 2 nitrogen and oxygen atoms in total. The van der Waals surface area contributed by atoms with Crippen LogP contribution in [-0.4, -0.2) is 5.91 Å². The van der Waals surface area contributed by atoms with Gasteiger partial charge in [-0.25, -0.2) is 0 Å². The van der Waals surface area contributed by atoms with E-state index in [0.717, 1.165) is 24.1 Å². The van der Waals surface area contributed by atoms with E-state index in [4.69, 9.17) is 0 Å². The summed E-state index contributed by atoms with van der Waals surface area (Å²) in [6, 6.07) is 8.46. The number of hydrogen-bond acceptors (Lipinski definition) is 1. The van der Waals surface area contributed by atoms with Crippen molar-refractivity contribution in [3.8, 4) is 0 Å². The van der Waals surface area contributed by atoms with Crippen LogP contribution in [0.4, 0.5) is 0 Å². The molecule has 0 radical (unpaired) electrons. The summed E-state index contributed by atoms with van der Waals surface area (Å²) in [6.07, 6.45) is 1.68. The van der Waals surface area contributed by atoms with Gasteiger partial charge in [-0.2, -0.15) is 0 Å². The van der Waals surface area contributed by atoms with Gasteiger partial charge in [-0.05, 0) is 36.3 Å². The zero-order valence-electron chi connectivity index (χ0n) is 12.3. The quantitative estimate of drug-likeness (QED) is 0.817. The molecule has 2 rings (SSSR count). The topological polar surface area (TPSA) is 29.1 Å². The summed E-state index contributed by atoms with van der Waals surface area (Å²) in [4.78, 5) is 12.2. The fourth-order valence-corrected chi connectivity index (χ4v) is 2.49. The third-order valence-corrected chi connectivity index (χ3v) is 4.11. The van der Waals surface area contributed by atoms with E-state index in [1.165, 1.54) is 5.56 Å². The Morgan fingerprint density at radius 2 is 1.79 bits per heavy atom. The largest absolute Gasteiger partial charge is 0.330 e. The molecule has 102 valence electrons. The summed E-state index contributed by atoms with van der Waals surface area (Å²) in [6.45, 7) is 12.4. The highest BCUT2D eigenvalue weighted by Gasteiger charge is 2.38. The molecule has 1 aromatic rings. The number of carbonyl (C=O) groups excluding carboxylic acids is 1. The Bertz CT molecular complexity index is 507. The number of allylic oxidation sites excluding steroid dienone is 1. The first-order valence-corrected chi connectivity index (χ1v) is 6.84. The van der Waals surface area contributed by atoms with Crippen molar-refractivity contribution in [2.75, 3.05) is 0 Å². The third kappa shape index (κ3) is 2.58. The van der Waals surface area contributed by atoms with Crippen LogP contribution in [0.15, 0.2) is 36.5 Å². The van der Waals surface area contributed by atoms with Gasteiger partial charge in [-0.1, -0.05) is 51.6 Å². The smallest absolute Gasteiger partial charge is 0.234 e. The summed E-state index contributed by atoms with van der Waals surface area (Å²) < 4.78 is 0. The van der Waals surface area contributed by atoms with Gasteiger partial charge in [0.2, 0.25) is 5.91 Å².